The van der Waals surface area contributed by atoms with Crippen molar-refractivity contribution in [3.63, 3.8) is 0 Å². The van der Waals surface area contributed by atoms with E-state index in [0.29, 0.717) is 17.6 Å². The molecule has 2 aromatic rings. The van der Waals surface area contributed by atoms with Crippen molar-refractivity contribution in [3.05, 3.63) is 69.9 Å². The van der Waals surface area contributed by atoms with Gasteiger partial charge in [0.25, 0.3) is 0 Å². The highest BCUT2D eigenvalue weighted by Crippen LogP contribution is 2.14. The number of methoxy groups -OCH3 is 1. The third-order valence-electron chi connectivity index (χ3n) is 3.49. The Labute approximate surface area is 134 Å². The normalized spacial score (nSPS) is 13.7. The van der Waals surface area contributed by atoms with Crippen LogP contribution in [0.3, 0.4) is 0 Å². The van der Waals surface area contributed by atoms with E-state index < -0.39 is 5.82 Å². The summed E-state index contributed by atoms with van der Waals surface area (Å²) >= 11 is 0. The second-order valence-corrected chi connectivity index (χ2v) is 4.89. The molecule has 23 heavy (non-hydrogen) atoms. The largest absolute Gasteiger partial charge is 0.496 e. The topological polar surface area (TPSA) is 52.3 Å². The zero-order chi connectivity index (χ0) is 16.8. The molecule has 0 amide bonds. The first-order chi connectivity index (χ1) is 11.1. The van der Waals surface area contributed by atoms with Gasteiger partial charge in [-0.3, -0.25) is 4.79 Å². The lowest BCUT2D eigenvalue weighted by Crippen LogP contribution is -2.26. The van der Waals surface area contributed by atoms with Crippen molar-refractivity contribution < 1.29 is 13.9 Å². The fourth-order valence-corrected chi connectivity index (χ4v) is 2.34. The Morgan fingerprint density at radius 2 is 1.96 bits per heavy atom. The van der Waals surface area contributed by atoms with Crippen LogP contribution >= 0.6 is 0 Å². The Hall–Kier alpha value is -2.88. The molecule has 0 aliphatic rings. The van der Waals surface area contributed by atoms with Gasteiger partial charge in [-0.2, -0.15) is 0 Å². The number of benzene rings is 2. The van der Waals surface area contributed by atoms with E-state index in [1.54, 1.807) is 25.3 Å². The summed E-state index contributed by atoms with van der Waals surface area (Å²) < 4.78 is 18.7. The molecule has 118 valence electrons. The van der Waals surface area contributed by atoms with Gasteiger partial charge in [0.1, 0.15) is 11.6 Å². The molecular formula is C19H18FNO2. The van der Waals surface area contributed by atoms with Crippen molar-refractivity contribution in [3.8, 4) is 5.75 Å². The SMILES string of the molecule is C/C=c1/c(OC)ccc/c1=C/C(C=O)=C(\N)c1cccc(F)c1. The molecule has 0 heterocycles. The molecule has 0 fully saturated rings. The van der Waals surface area contributed by atoms with E-state index in [2.05, 4.69) is 0 Å². The van der Waals surface area contributed by atoms with Gasteiger partial charge in [0.2, 0.25) is 0 Å². The maximum atomic E-state index is 13.3. The first-order valence-corrected chi connectivity index (χ1v) is 7.12. The number of allylic oxidation sites excluding steroid dienone is 1. The van der Waals surface area contributed by atoms with Crippen LogP contribution < -0.4 is 20.9 Å². The molecule has 2 aromatic carbocycles. The fraction of sp³-hybridized carbons (Fsp3) is 0.105. The third-order valence-corrected chi connectivity index (χ3v) is 3.49. The first kappa shape index (κ1) is 16.5. The molecule has 3 nitrogen and oxygen atoms in total. The molecule has 0 spiro atoms. The number of hydrogen-bond donors (Lipinski definition) is 1. The quantitative estimate of drug-likeness (QED) is 0.694. The summed E-state index contributed by atoms with van der Waals surface area (Å²) in [5, 5.41) is 1.66. The molecule has 0 atom stereocenters. The van der Waals surface area contributed by atoms with E-state index in [1.165, 1.54) is 12.1 Å². The van der Waals surface area contributed by atoms with Crippen LogP contribution in [0.1, 0.15) is 12.5 Å². The summed E-state index contributed by atoms with van der Waals surface area (Å²) in [7, 11) is 1.59. The van der Waals surface area contributed by atoms with Gasteiger partial charge in [-0.1, -0.05) is 30.3 Å². The molecule has 0 aliphatic carbocycles. The molecule has 0 bridgehead atoms. The van der Waals surface area contributed by atoms with E-state index >= 15 is 0 Å². The van der Waals surface area contributed by atoms with Gasteiger partial charge >= 0.3 is 0 Å². The van der Waals surface area contributed by atoms with Crippen molar-refractivity contribution in [2.24, 2.45) is 5.73 Å². The molecule has 2 N–H and O–H groups in total. The predicted molar refractivity (Wildman–Crippen MR) is 90.4 cm³/mol. The summed E-state index contributed by atoms with van der Waals surface area (Å²) in [6, 6.07) is 11.4. The van der Waals surface area contributed by atoms with Crippen molar-refractivity contribution in [1.82, 2.24) is 0 Å². The average Bonchev–Trinajstić information content (AvgIpc) is 2.58. The molecule has 0 aromatic heterocycles. The maximum Gasteiger partial charge on any atom is 0.152 e. The van der Waals surface area contributed by atoms with Gasteiger partial charge in [0.05, 0.1) is 7.11 Å². The lowest BCUT2D eigenvalue weighted by Gasteiger charge is -2.05. The van der Waals surface area contributed by atoms with E-state index in [4.69, 9.17) is 10.5 Å². The zero-order valence-electron chi connectivity index (χ0n) is 13.0. The number of carbonyl (C=O) groups excluding carboxylic acids is 1. The minimum Gasteiger partial charge on any atom is -0.496 e. The minimum atomic E-state index is -0.403. The molecule has 0 radical (unpaired) electrons. The van der Waals surface area contributed by atoms with Gasteiger partial charge in [-0.25, -0.2) is 4.39 Å². The van der Waals surface area contributed by atoms with Crippen LogP contribution in [0, 0.1) is 5.82 Å². The van der Waals surface area contributed by atoms with Gasteiger partial charge in [-0.05, 0) is 36.4 Å². The predicted octanol–water partition coefficient (Wildman–Crippen LogP) is 1.98. The number of ether oxygens (including phenoxy) is 1. The number of halogens is 1. The van der Waals surface area contributed by atoms with Gasteiger partial charge in [0, 0.05) is 22.1 Å². The van der Waals surface area contributed by atoms with Gasteiger partial charge in [-0.15, -0.1) is 0 Å². The Balaban J connectivity index is 2.68. The summed E-state index contributed by atoms with van der Waals surface area (Å²) in [5.41, 5.74) is 7.01. The fourth-order valence-electron chi connectivity index (χ4n) is 2.34. The lowest BCUT2D eigenvalue weighted by molar-refractivity contribution is -0.104. The Morgan fingerprint density at radius 1 is 1.22 bits per heavy atom. The van der Waals surface area contributed by atoms with Crippen molar-refractivity contribution in [1.29, 1.82) is 0 Å². The van der Waals surface area contributed by atoms with Crippen LogP contribution in [0.5, 0.6) is 5.75 Å². The standard InChI is InChI=1S/C19H18FNO2/c1-3-17-13(6-5-9-18(17)23-2)10-15(12-22)19(21)14-7-4-8-16(20)11-14/h3-12H,21H2,1-2H3/b13-10-,17-3+,19-15+. The molecule has 0 unspecified atom stereocenters. The molecular weight excluding hydrogens is 293 g/mol. The second kappa shape index (κ2) is 7.40. The van der Waals surface area contributed by atoms with Crippen LogP contribution in [0.4, 0.5) is 4.39 Å². The average molecular weight is 311 g/mol. The van der Waals surface area contributed by atoms with E-state index in [1.807, 2.05) is 31.2 Å². The highest BCUT2D eigenvalue weighted by Gasteiger charge is 2.05. The summed E-state index contributed by atoms with van der Waals surface area (Å²) in [4.78, 5) is 11.5. The van der Waals surface area contributed by atoms with Gasteiger partial charge < -0.3 is 10.5 Å². The second-order valence-electron chi connectivity index (χ2n) is 4.89. The van der Waals surface area contributed by atoms with Crippen molar-refractivity contribution in [2.45, 2.75) is 6.92 Å². The van der Waals surface area contributed by atoms with Crippen LogP contribution in [0.25, 0.3) is 17.8 Å². The highest BCUT2D eigenvalue weighted by molar-refractivity contribution is 5.96. The summed E-state index contributed by atoms with van der Waals surface area (Å²) in [6.07, 6.45) is 4.23. The van der Waals surface area contributed by atoms with E-state index in [9.17, 15) is 9.18 Å². The lowest BCUT2D eigenvalue weighted by atomic mass is 10.1. The molecule has 0 saturated carbocycles. The monoisotopic (exact) mass is 311 g/mol. The van der Waals surface area contributed by atoms with Crippen molar-refractivity contribution in [2.75, 3.05) is 7.11 Å². The molecule has 0 saturated heterocycles. The van der Waals surface area contributed by atoms with Crippen molar-refractivity contribution >= 4 is 24.1 Å². The number of rotatable bonds is 4. The molecule has 2 rings (SSSR count). The van der Waals surface area contributed by atoms with E-state index in [-0.39, 0.29) is 11.3 Å². The number of nitrogens with two attached hydrogens (primary N) is 1. The summed E-state index contributed by atoms with van der Waals surface area (Å²) in [5.74, 6) is 0.301. The van der Waals surface area contributed by atoms with Gasteiger partial charge in [0.15, 0.2) is 6.29 Å². The van der Waals surface area contributed by atoms with Crippen LogP contribution in [-0.2, 0) is 4.79 Å². The van der Waals surface area contributed by atoms with Crippen LogP contribution in [-0.4, -0.2) is 13.4 Å². The Morgan fingerprint density at radius 3 is 2.57 bits per heavy atom. The number of hydrogen-bond acceptors (Lipinski definition) is 3. The third kappa shape index (κ3) is 3.66. The number of carbonyl (C=O) groups is 1. The van der Waals surface area contributed by atoms with Crippen LogP contribution in [0.2, 0.25) is 0 Å². The Kier molecular flexibility index (Phi) is 5.31. The highest BCUT2D eigenvalue weighted by atomic mass is 19.1. The first-order valence-electron chi connectivity index (χ1n) is 7.12. The maximum absolute atomic E-state index is 13.3. The summed E-state index contributed by atoms with van der Waals surface area (Å²) in [6.45, 7) is 1.88. The zero-order valence-corrected chi connectivity index (χ0v) is 13.0. The number of aldehydes is 1. The minimum absolute atomic E-state index is 0.226. The van der Waals surface area contributed by atoms with Crippen LogP contribution in [0.15, 0.2) is 48.0 Å². The smallest absolute Gasteiger partial charge is 0.152 e. The van der Waals surface area contributed by atoms with E-state index in [0.717, 1.165) is 10.4 Å². The molecule has 0 aliphatic heterocycles. The Bertz CT molecular complexity index is 869. The molecule has 4 heteroatoms.